The first kappa shape index (κ1) is 119. The number of carbonyl (C=O) groups is 3. The molecule has 8 atom stereocenters. The number of hydrogen-bond donors (Lipinski definition) is 0. The number of unbranched alkanes of at least 4 members (excludes halogenated alkanes) is 25. The molecule has 25 heteroatoms. The standard InChI is InChI=1S/C26H33NO5.C24H31F3O.2C24H34F2N2O2.C20H30O3/c1-3-5-6-7-8-9-18-30-23-14-10-20(11-15-23)25(28)31-24-16-12-21(13-17-24)27-19-22(4-2)32-26(27)29;1-3-5-6-7-8-9-10-19-13-16-22(24(27)23(19)26)18-11-14-21(15-12-18)28-17-20(25)4-2;2*1-3-5-6-7-8-9-10-21(26)18-30-23-15-27-24(28-16-23)19-11-13-22(14-12-19)29-17-20(25)4-2;1-3-5-6-7-8-9-14-22-18-12-10-16(11-13-18)19-15-17(4-2)23-20(19)21/h10-17,22H,3-9,18-19H2,1-2H3;11-16,20H,3-10,17H2,1-2H3;2*11-16,20-21H,3-10,17-18H2,1-2H3;10-13,17,19H,3-9,14-15H2,1-2H3/t22-;20-;20-,21+;20-,21-;17-,19?/m11111/s1. The van der Waals surface area contributed by atoms with Gasteiger partial charge in [-0.1, -0.05) is 279 Å². The number of anilines is 1. The van der Waals surface area contributed by atoms with Gasteiger partial charge in [0.15, 0.2) is 34.8 Å². The molecule has 0 radical (unpaired) electrons. The molecule has 2 saturated heterocycles. The van der Waals surface area contributed by atoms with Gasteiger partial charge in [0.1, 0.15) is 111 Å². The maximum absolute atomic E-state index is 14.6. The highest BCUT2D eigenvalue weighted by atomic mass is 19.2. The maximum atomic E-state index is 14.6. The van der Waals surface area contributed by atoms with Crippen LogP contribution in [0.15, 0.2) is 183 Å². The summed E-state index contributed by atoms with van der Waals surface area (Å²) in [7, 11) is 0. The summed E-state index contributed by atoms with van der Waals surface area (Å²) in [5.41, 5.74) is 5.07. The van der Waals surface area contributed by atoms with E-state index in [-0.39, 0.29) is 68.8 Å². The molecule has 1 amide bonds. The van der Waals surface area contributed by atoms with Crippen LogP contribution in [0.2, 0.25) is 0 Å². The Morgan fingerprint density at radius 3 is 1.10 bits per heavy atom. The Morgan fingerprint density at radius 2 is 0.706 bits per heavy atom. The third-order valence-electron chi connectivity index (χ3n) is 24.9. The van der Waals surface area contributed by atoms with Crippen molar-refractivity contribution in [3.63, 3.8) is 0 Å². The molecule has 0 N–H and O–H groups in total. The third kappa shape index (κ3) is 47.2. The van der Waals surface area contributed by atoms with Crippen molar-refractivity contribution in [2.75, 3.05) is 57.7 Å². The molecular weight excluding hydrogens is 1830 g/mol. The van der Waals surface area contributed by atoms with E-state index in [1.54, 1.807) is 160 Å². The number of cyclic esters (lactones) is 2. The van der Waals surface area contributed by atoms with Crippen molar-refractivity contribution in [2.24, 2.45) is 0 Å². The molecule has 2 aliphatic rings. The van der Waals surface area contributed by atoms with Crippen molar-refractivity contribution < 1.29 is 92.5 Å². The number of ether oxygens (including phenoxy) is 10. The third-order valence-corrected chi connectivity index (χ3v) is 24.9. The number of esters is 2. The van der Waals surface area contributed by atoms with Crippen LogP contribution in [0.3, 0.4) is 0 Å². The fourth-order valence-electron chi connectivity index (χ4n) is 15.7. The first-order valence-electron chi connectivity index (χ1n) is 53.4. The van der Waals surface area contributed by atoms with Gasteiger partial charge >= 0.3 is 18.0 Å². The zero-order valence-electron chi connectivity index (χ0n) is 86.9. The van der Waals surface area contributed by atoms with Crippen LogP contribution in [0.5, 0.6) is 46.0 Å². The molecule has 0 bridgehead atoms. The molecular formula is C118H162F7N5O13. The summed E-state index contributed by atoms with van der Waals surface area (Å²) >= 11 is 0. The van der Waals surface area contributed by atoms with Gasteiger partial charge in [-0.2, -0.15) is 0 Å². The Balaban J connectivity index is 0.000000243. The molecule has 11 rings (SSSR count). The van der Waals surface area contributed by atoms with Gasteiger partial charge < -0.3 is 47.4 Å². The minimum absolute atomic E-state index is 0.00796. The fraction of sp³-hybridized carbons (Fsp3) is 0.551. The zero-order valence-corrected chi connectivity index (χ0v) is 86.9. The lowest BCUT2D eigenvalue weighted by molar-refractivity contribution is -0.142. The second kappa shape index (κ2) is 71.5. The van der Waals surface area contributed by atoms with Crippen LogP contribution in [0, 0.1) is 11.6 Å². The molecule has 1 unspecified atom stereocenters. The number of benzene rings is 7. The van der Waals surface area contributed by atoms with Crippen molar-refractivity contribution in [3.8, 4) is 79.9 Å². The summed E-state index contributed by atoms with van der Waals surface area (Å²) in [4.78, 5) is 55.0. The Kier molecular flexibility index (Phi) is 59.5. The van der Waals surface area contributed by atoms with E-state index in [2.05, 4.69) is 61.5 Å². The Morgan fingerprint density at radius 1 is 0.357 bits per heavy atom. The van der Waals surface area contributed by atoms with Gasteiger partial charge in [0.05, 0.1) is 56.0 Å². The maximum Gasteiger partial charge on any atom is 0.414 e. The molecule has 0 saturated carbocycles. The van der Waals surface area contributed by atoms with Crippen LogP contribution in [-0.4, -0.2) is 134 Å². The van der Waals surface area contributed by atoms with Gasteiger partial charge in [-0.05, 0) is 209 Å². The predicted molar refractivity (Wildman–Crippen MR) is 560 cm³/mol. The second-order valence-electron chi connectivity index (χ2n) is 36.8. The lowest BCUT2D eigenvalue weighted by Crippen LogP contribution is -2.24. The van der Waals surface area contributed by atoms with Gasteiger partial charge in [0.2, 0.25) is 0 Å². The highest BCUT2D eigenvalue weighted by Crippen LogP contribution is 2.36. The van der Waals surface area contributed by atoms with E-state index >= 15 is 0 Å². The van der Waals surface area contributed by atoms with Crippen LogP contribution in [0.1, 0.15) is 341 Å². The van der Waals surface area contributed by atoms with Crippen molar-refractivity contribution in [1.82, 2.24) is 19.9 Å². The van der Waals surface area contributed by atoms with E-state index in [0.717, 1.165) is 118 Å². The minimum atomic E-state index is -1.01. The molecule has 2 fully saturated rings. The molecule has 4 heterocycles. The summed E-state index contributed by atoms with van der Waals surface area (Å²) in [5, 5.41) is 0. The first-order chi connectivity index (χ1) is 69.6. The van der Waals surface area contributed by atoms with Crippen molar-refractivity contribution in [2.45, 2.75) is 369 Å². The monoisotopic (exact) mass is 1990 g/mol. The molecule has 9 aromatic rings. The zero-order chi connectivity index (χ0) is 103. The second-order valence-corrected chi connectivity index (χ2v) is 36.8. The Hall–Kier alpha value is -11.0. The van der Waals surface area contributed by atoms with Crippen molar-refractivity contribution >= 4 is 23.7 Å². The number of nitrogens with zero attached hydrogens (tertiary/aromatic N) is 5. The number of rotatable bonds is 64. The van der Waals surface area contributed by atoms with Crippen molar-refractivity contribution in [3.05, 3.63) is 211 Å². The first-order valence-corrected chi connectivity index (χ1v) is 53.4. The Bertz CT molecular complexity index is 4720. The highest BCUT2D eigenvalue weighted by Gasteiger charge is 2.35. The predicted octanol–water partition coefficient (Wildman–Crippen LogP) is 32.8. The summed E-state index contributed by atoms with van der Waals surface area (Å²) < 4.78 is 152. The van der Waals surface area contributed by atoms with Gasteiger partial charge in [-0.3, -0.25) is 9.69 Å². The molecule has 18 nitrogen and oxygen atoms in total. The van der Waals surface area contributed by atoms with E-state index in [0.29, 0.717) is 115 Å². The number of amides is 1. The molecule has 0 spiro atoms. The molecule has 143 heavy (non-hydrogen) atoms. The molecule has 786 valence electrons. The molecule has 0 aliphatic carbocycles. The molecule has 2 aromatic heterocycles. The number of hydrogen-bond acceptors (Lipinski definition) is 17. The lowest BCUT2D eigenvalue weighted by atomic mass is 9.95. The van der Waals surface area contributed by atoms with E-state index in [4.69, 9.17) is 47.4 Å². The average Bonchev–Trinajstić information content (AvgIpc) is 1.75. The van der Waals surface area contributed by atoms with E-state index in [1.165, 1.54) is 135 Å². The van der Waals surface area contributed by atoms with Crippen LogP contribution < -0.4 is 42.8 Å². The van der Waals surface area contributed by atoms with Gasteiger partial charge in [-0.25, -0.2) is 60.3 Å². The van der Waals surface area contributed by atoms with Crippen LogP contribution >= 0.6 is 0 Å². The van der Waals surface area contributed by atoms with Crippen LogP contribution in [0.25, 0.3) is 33.9 Å². The minimum Gasteiger partial charge on any atom is -0.494 e. The number of halogens is 7. The highest BCUT2D eigenvalue weighted by molar-refractivity contribution is 5.92. The summed E-state index contributed by atoms with van der Waals surface area (Å²) in [5.74, 6) is 3.58. The average molecular weight is 1990 g/mol. The number of aryl methyl sites for hydroxylation is 1. The number of alkyl halides is 5. The van der Waals surface area contributed by atoms with Crippen LogP contribution in [-0.2, 0) is 20.7 Å². The van der Waals surface area contributed by atoms with Gasteiger partial charge in [0.25, 0.3) is 0 Å². The molecule has 7 aromatic carbocycles. The summed E-state index contributed by atoms with van der Waals surface area (Å²) in [6.45, 7) is 22.5. The fourth-order valence-corrected chi connectivity index (χ4v) is 15.7. The van der Waals surface area contributed by atoms with E-state index in [9.17, 15) is 45.1 Å². The molecule has 2 aliphatic heterocycles. The largest absolute Gasteiger partial charge is 0.494 e. The van der Waals surface area contributed by atoms with Gasteiger partial charge in [0, 0.05) is 28.8 Å². The quantitative estimate of drug-likeness (QED) is 0.0151. The lowest BCUT2D eigenvalue weighted by Gasteiger charge is -2.13. The van der Waals surface area contributed by atoms with Crippen LogP contribution in [0.4, 0.5) is 41.2 Å². The van der Waals surface area contributed by atoms with Gasteiger partial charge in [-0.15, -0.1) is 0 Å². The SMILES string of the molecule is CCCCCCCCOc1ccc(C(=O)Oc2ccc(N3C[C@@H](CC)OC3=O)cc2)cc1.CCCCCCCCOc1ccc(C2C[C@@H](CC)OC2=O)cc1.CCCCCCCC[C@@H](F)COc1cnc(-c2ccc(OC[C@H](F)CC)cc2)nc1.CCCCCCCC[C@H](F)COc1cnc(-c2ccc(OC[C@H](F)CC)cc2)nc1.CCCCCCCCc1ccc(-c2ccc(OC[C@H](F)CC)cc2)c(F)c1F. The normalized spacial score (nSPS) is 14.6. The topological polar surface area (TPSA) is 198 Å². The van der Waals surface area contributed by atoms with E-state index < -0.39 is 48.5 Å². The summed E-state index contributed by atoms with van der Waals surface area (Å²) in [6.07, 6.45) is 41.7. The number of aromatic nitrogens is 4. The smallest absolute Gasteiger partial charge is 0.414 e. The van der Waals surface area contributed by atoms with E-state index in [1.807, 2.05) is 55.5 Å². The summed E-state index contributed by atoms with van der Waals surface area (Å²) in [6, 6.07) is 46.1. The Labute approximate surface area is 848 Å². The van der Waals surface area contributed by atoms with Crippen molar-refractivity contribution in [1.29, 1.82) is 0 Å². The number of carbonyl (C=O) groups excluding carboxylic acids is 3.